The molecule has 0 spiro atoms. The van der Waals surface area contributed by atoms with Crippen LogP contribution < -0.4 is 0 Å². The smallest absolute Gasteiger partial charge is 0.273 e. The summed E-state index contributed by atoms with van der Waals surface area (Å²) in [5.41, 5.74) is 1.71. The average molecular weight is 370 g/mol. The Morgan fingerprint density at radius 3 is 1.93 bits per heavy atom. The predicted molar refractivity (Wildman–Crippen MR) is 101 cm³/mol. The van der Waals surface area contributed by atoms with Gasteiger partial charge in [0.2, 0.25) is 0 Å². The highest BCUT2D eigenvalue weighted by Crippen LogP contribution is 2.24. The molecule has 0 N–H and O–H groups in total. The van der Waals surface area contributed by atoms with Crippen molar-refractivity contribution in [2.75, 3.05) is 19.6 Å². The largest absolute Gasteiger partial charge is 0.296 e. The zero-order valence-corrected chi connectivity index (χ0v) is 15.2. The van der Waals surface area contributed by atoms with Crippen LogP contribution in [0.2, 0.25) is 0 Å². The van der Waals surface area contributed by atoms with Gasteiger partial charge in [0, 0.05) is 62.0 Å². The van der Waals surface area contributed by atoms with Crippen molar-refractivity contribution >= 4 is 11.4 Å². The minimum atomic E-state index is -0.344. The quantitative estimate of drug-likeness (QED) is 0.573. The van der Waals surface area contributed by atoms with Crippen LogP contribution in [0.25, 0.3) is 0 Å². The Morgan fingerprint density at radius 2 is 1.41 bits per heavy atom. The number of para-hydroxylation sites is 2. The molecule has 0 aromatic heterocycles. The Kier molecular flexibility index (Phi) is 5.78. The van der Waals surface area contributed by atoms with Gasteiger partial charge in [-0.15, -0.1) is 0 Å². The van der Waals surface area contributed by atoms with Gasteiger partial charge in [0.15, 0.2) is 0 Å². The van der Waals surface area contributed by atoms with Gasteiger partial charge in [-0.25, -0.2) is 0 Å². The lowest BCUT2D eigenvalue weighted by Crippen LogP contribution is -2.51. The van der Waals surface area contributed by atoms with Crippen LogP contribution in [0.5, 0.6) is 0 Å². The van der Waals surface area contributed by atoms with E-state index in [2.05, 4.69) is 16.7 Å². The van der Waals surface area contributed by atoms with E-state index in [4.69, 9.17) is 0 Å². The van der Waals surface area contributed by atoms with Crippen molar-refractivity contribution in [1.29, 1.82) is 0 Å². The number of benzene rings is 2. The van der Waals surface area contributed by atoms with Gasteiger partial charge in [-0.3, -0.25) is 30.0 Å². The Hall–Kier alpha value is -2.84. The van der Waals surface area contributed by atoms with Crippen LogP contribution in [0.15, 0.2) is 48.5 Å². The molecule has 0 aliphatic carbocycles. The molecule has 8 heteroatoms. The monoisotopic (exact) mass is 370 g/mol. The number of nitro benzene ring substituents is 2. The second kappa shape index (κ2) is 8.24. The van der Waals surface area contributed by atoms with E-state index in [0.29, 0.717) is 24.2 Å². The summed E-state index contributed by atoms with van der Waals surface area (Å²) in [6, 6.07) is 13.8. The second-order valence-corrected chi connectivity index (χ2v) is 6.83. The molecular weight excluding hydrogens is 348 g/mol. The van der Waals surface area contributed by atoms with E-state index >= 15 is 0 Å². The van der Waals surface area contributed by atoms with Crippen molar-refractivity contribution in [3.8, 4) is 0 Å². The van der Waals surface area contributed by atoms with Gasteiger partial charge < -0.3 is 0 Å². The molecular formula is C19H22N4O4. The highest BCUT2D eigenvalue weighted by Gasteiger charge is 2.27. The maximum Gasteiger partial charge on any atom is 0.273 e. The Morgan fingerprint density at radius 1 is 0.889 bits per heavy atom. The Balaban J connectivity index is 1.65. The molecule has 1 saturated heterocycles. The minimum absolute atomic E-state index is 0.145. The average Bonchev–Trinajstić information content (AvgIpc) is 2.64. The van der Waals surface area contributed by atoms with Gasteiger partial charge in [-0.2, -0.15) is 0 Å². The van der Waals surface area contributed by atoms with Crippen LogP contribution in [-0.4, -0.2) is 45.3 Å². The first-order valence-corrected chi connectivity index (χ1v) is 8.86. The standard InChI is InChI=1S/C19H22N4O4/c1-15-12-20(13-16-6-2-4-8-18(16)22(24)25)10-11-21(15)14-17-7-3-5-9-19(17)23(26)27/h2-9,15H,10-14H2,1H3. The molecule has 0 amide bonds. The molecule has 2 aromatic rings. The maximum absolute atomic E-state index is 11.2. The van der Waals surface area contributed by atoms with Crippen LogP contribution in [0.3, 0.4) is 0 Å². The highest BCUT2D eigenvalue weighted by atomic mass is 16.6. The van der Waals surface area contributed by atoms with Crippen molar-refractivity contribution in [3.05, 3.63) is 79.9 Å². The molecule has 1 heterocycles. The number of hydrogen-bond donors (Lipinski definition) is 0. The van der Waals surface area contributed by atoms with Crippen molar-refractivity contribution in [2.24, 2.45) is 0 Å². The fourth-order valence-corrected chi connectivity index (χ4v) is 3.55. The lowest BCUT2D eigenvalue weighted by atomic mass is 10.1. The summed E-state index contributed by atoms with van der Waals surface area (Å²) < 4.78 is 0. The fourth-order valence-electron chi connectivity index (χ4n) is 3.55. The molecule has 1 unspecified atom stereocenters. The molecule has 142 valence electrons. The molecule has 27 heavy (non-hydrogen) atoms. The SMILES string of the molecule is CC1CN(Cc2ccccc2[N+](=O)[O-])CCN1Cc1ccccc1[N+](=O)[O-]. The van der Waals surface area contributed by atoms with Gasteiger partial charge in [-0.05, 0) is 6.92 Å². The number of hydrogen-bond acceptors (Lipinski definition) is 6. The van der Waals surface area contributed by atoms with E-state index in [9.17, 15) is 20.2 Å². The van der Waals surface area contributed by atoms with E-state index in [1.165, 1.54) is 12.1 Å². The summed E-state index contributed by atoms with van der Waals surface area (Å²) in [7, 11) is 0. The zero-order valence-electron chi connectivity index (χ0n) is 15.2. The van der Waals surface area contributed by atoms with E-state index in [1.807, 2.05) is 12.1 Å². The molecule has 1 aliphatic heterocycles. The van der Waals surface area contributed by atoms with Crippen molar-refractivity contribution in [1.82, 2.24) is 9.80 Å². The summed E-state index contributed by atoms with van der Waals surface area (Å²) >= 11 is 0. The lowest BCUT2D eigenvalue weighted by molar-refractivity contribution is -0.386. The molecule has 0 saturated carbocycles. The summed E-state index contributed by atoms with van der Waals surface area (Å²) in [6.07, 6.45) is 0. The Labute approximate surface area is 157 Å². The third-order valence-electron chi connectivity index (χ3n) is 4.99. The van der Waals surface area contributed by atoms with Crippen LogP contribution in [0.4, 0.5) is 11.4 Å². The van der Waals surface area contributed by atoms with Gasteiger partial charge in [0.25, 0.3) is 11.4 Å². The van der Waals surface area contributed by atoms with Gasteiger partial charge in [0.05, 0.1) is 9.85 Å². The summed E-state index contributed by atoms with van der Waals surface area (Å²) in [5, 5.41) is 22.4. The number of piperazine rings is 1. The second-order valence-electron chi connectivity index (χ2n) is 6.83. The molecule has 1 atom stereocenters. The lowest BCUT2D eigenvalue weighted by Gasteiger charge is -2.39. The van der Waals surface area contributed by atoms with Gasteiger partial charge in [0.1, 0.15) is 0 Å². The summed E-state index contributed by atoms with van der Waals surface area (Å²) in [4.78, 5) is 26.1. The van der Waals surface area contributed by atoms with E-state index in [1.54, 1.807) is 24.3 Å². The number of rotatable bonds is 6. The Bertz CT molecular complexity index is 842. The third kappa shape index (κ3) is 4.47. The summed E-state index contributed by atoms with van der Waals surface area (Å²) in [6.45, 7) is 5.41. The number of nitrogens with zero attached hydrogens (tertiary/aromatic N) is 4. The van der Waals surface area contributed by atoms with Crippen LogP contribution in [-0.2, 0) is 13.1 Å². The van der Waals surface area contributed by atoms with Crippen molar-refractivity contribution in [3.63, 3.8) is 0 Å². The first-order chi connectivity index (χ1) is 13.0. The normalized spacial score (nSPS) is 18.3. The molecule has 1 fully saturated rings. The first kappa shape index (κ1) is 18.9. The van der Waals surface area contributed by atoms with Crippen molar-refractivity contribution in [2.45, 2.75) is 26.1 Å². The van der Waals surface area contributed by atoms with Crippen LogP contribution in [0.1, 0.15) is 18.1 Å². The van der Waals surface area contributed by atoms with Crippen LogP contribution >= 0.6 is 0 Å². The first-order valence-electron chi connectivity index (χ1n) is 8.86. The van der Waals surface area contributed by atoms with Gasteiger partial charge in [-0.1, -0.05) is 36.4 Å². The molecule has 0 radical (unpaired) electrons. The van der Waals surface area contributed by atoms with E-state index < -0.39 is 0 Å². The number of nitro groups is 2. The van der Waals surface area contributed by atoms with E-state index in [-0.39, 0.29) is 27.3 Å². The zero-order chi connectivity index (χ0) is 19.4. The highest BCUT2D eigenvalue weighted by molar-refractivity contribution is 5.40. The van der Waals surface area contributed by atoms with Crippen molar-refractivity contribution < 1.29 is 9.85 Å². The molecule has 8 nitrogen and oxygen atoms in total. The minimum Gasteiger partial charge on any atom is -0.296 e. The molecule has 3 rings (SSSR count). The maximum atomic E-state index is 11.2. The summed E-state index contributed by atoms with van der Waals surface area (Å²) in [5.74, 6) is 0. The molecule has 1 aliphatic rings. The third-order valence-corrected chi connectivity index (χ3v) is 4.99. The molecule has 2 aromatic carbocycles. The fraction of sp³-hybridized carbons (Fsp3) is 0.368. The predicted octanol–water partition coefficient (Wildman–Crippen LogP) is 3.21. The van der Waals surface area contributed by atoms with E-state index in [0.717, 1.165) is 19.6 Å². The van der Waals surface area contributed by atoms with Crippen LogP contribution in [0, 0.1) is 20.2 Å². The topological polar surface area (TPSA) is 92.8 Å². The van der Waals surface area contributed by atoms with Gasteiger partial charge >= 0.3 is 0 Å². The molecule has 0 bridgehead atoms.